The summed E-state index contributed by atoms with van der Waals surface area (Å²) in [5.74, 6) is 0.180. The average molecular weight is 488 g/mol. The smallest absolute Gasteiger partial charge is 0.330 e. The molecular formula is C23H23F6N3S. The maximum atomic E-state index is 13.4. The van der Waals surface area contributed by atoms with Gasteiger partial charge in [-0.3, -0.25) is 0 Å². The van der Waals surface area contributed by atoms with E-state index in [0.717, 1.165) is 29.0 Å². The normalized spacial score (nSPS) is 13.2. The van der Waals surface area contributed by atoms with Gasteiger partial charge in [0.15, 0.2) is 4.80 Å². The van der Waals surface area contributed by atoms with Crippen LogP contribution in [0.2, 0.25) is 0 Å². The van der Waals surface area contributed by atoms with Crippen LogP contribution in [-0.4, -0.2) is 11.1 Å². The van der Waals surface area contributed by atoms with Gasteiger partial charge in [0.25, 0.3) is 0 Å². The Hall–Kier alpha value is -2.59. The van der Waals surface area contributed by atoms with Crippen LogP contribution in [0.15, 0.2) is 52.8 Å². The number of halogens is 6. The van der Waals surface area contributed by atoms with Gasteiger partial charge in [-0.2, -0.15) is 26.3 Å². The van der Waals surface area contributed by atoms with Gasteiger partial charge in [0, 0.05) is 17.5 Å². The van der Waals surface area contributed by atoms with Crippen molar-refractivity contribution in [3.05, 3.63) is 69.3 Å². The Morgan fingerprint density at radius 3 is 2.12 bits per heavy atom. The van der Waals surface area contributed by atoms with Crippen molar-refractivity contribution >= 4 is 17.0 Å². The number of para-hydroxylation sites is 1. The minimum atomic E-state index is -4.92. The first kappa shape index (κ1) is 25.0. The second-order valence-corrected chi connectivity index (χ2v) is 8.65. The zero-order valence-corrected chi connectivity index (χ0v) is 18.8. The fourth-order valence-corrected chi connectivity index (χ4v) is 4.35. The number of rotatable bonds is 6. The van der Waals surface area contributed by atoms with E-state index in [9.17, 15) is 26.3 Å². The van der Waals surface area contributed by atoms with Crippen LogP contribution in [-0.2, 0) is 18.9 Å². The molecule has 0 unspecified atom stereocenters. The molecule has 3 nitrogen and oxygen atoms in total. The molecule has 2 N–H and O–H groups in total. The van der Waals surface area contributed by atoms with E-state index in [1.807, 2.05) is 38.1 Å². The molecule has 0 radical (unpaired) electrons. The van der Waals surface area contributed by atoms with E-state index in [1.54, 1.807) is 4.57 Å². The lowest BCUT2D eigenvalue weighted by atomic mass is 10.0. The molecule has 3 rings (SSSR count). The van der Waals surface area contributed by atoms with E-state index in [1.165, 1.54) is 5.38 Å². The topological polar surface area (TPSA) is 43.3 Å². The summed E-state index contributed by atoms with van der Waals surface area (Å²) < 4.78 is 81.8. The molecule has 0 bridgehead atoms. The average Bonchev–Trinajstić information content (AvgIpc) is 3.13. The predicted octanol–water partition coefficient (Wildman–Crippen LogP) is 6.96. The molecule has 0 spiro atoms. The fraction of sp³-hybridized carbons (Fsp3) is 0.348. The molecule has 33 heavy (non-hydrogen) atoms. The second-order valence-electron chi connectivity index (χ2n) is 7.82. The van der Waals surface area contributed by atoms with Crippen molar-refractivity contribution in [2.45, 2.75) is 45.1 Å². The van der Waals surface area contributed by atoms with Crippen molar-refractivity contribution in [3.8, 4) is 11.3 Å². The van der Waals surface area contributed by atoms with Gasteiger partial charge < -0.3 is 10.3 Å². The molecule has 0 saturated carbocycles. The maximum absolute atomic E-state index is 13.4. The zero-order valence-electron chi connectivity index (χ0n) is 18.0. The zero-order chi connectivity index (χ0) is 24.4. The van der Waals surface area contributed by atoms with Crippen molar-refractivity contribution in [2.75, 3.05) is 6.54 Å². The van der Waals surface area contributed by atoms with Crippen LogP contribution in [0.1, 0.15) is 42.9 Å². The van der Waals surface area contributed by atoms with Crippen LogP contribution in [0.5, 0.6) is 0 Å². The quantitative estimate of drug-likeness (QED) is 0.376. The lowest BCUT2D eigenvalue weighted by molar-refractivity contribution is -0.143. The van der Waals surface area contributed by atoms with Crippen LogP contribution >= 0.6 is 11.3 Å². The highest BCUT2D eigenvalue weighted by Crippen LogP contribution is 2.39. The van der Waals surface area contributed by atoms with Gasteiger partial charge in [0.1, 0.15) is 0 Å². The molecular weight excluding hydrogens is 464 g/mol. The third-order valence-corrected chi connectivity index (χ3v) is 5.91. The van der Waals surface area contributed by atoms with E-state index in [4.69, 9.17) is 10.7 Å². The summed E-state index contributed by atoms with van der Waals surface area (Å²) in [7, 11) is 0. The Kier molecular flexibility index (Phi) is 7.38. The van der Waals surface area contributed by atoms with Gasteiger partial charge in [0.05, 0.1) is 22.5 Å². The number of hydrogen-bond donors (Lipinski definition) is 1. The minimum Gasteiger partial charge on any atom is -0.330 e. The second kappa shape index (κ2) is 9.72. The summed E-state index contributed by atoms with van der Waals surface area (Å²) in [5.41, 5.74) is 4.65. The van der Waals surface area contributed by atoms with Crippen LogP contribution < -0.4 is 10.5 Å². The van der Waals surface area contributed by atoms with Crippen molar-refractivity contribution in [1.82, 2.24) is 4.57 Å². The number of nitrogens with two attached hydrogens (primary N) is 1. The van der Waals surface area contributed by atoms with Crippen molar-refractivity contribution in [3.63, 3.8) is 0 Å². The predicted molar refractivity (Wildman–Crippen MR) is 117 cm³/mol. The summed E-state index contributed by atoms with van der Waals surface area (Å²) in [6.45, 7) is 4.63. The number of hydrogen-bond acceptors (Lipinski definition) is 3. The van der Waals surface area contributed by atoms with Crippen LogP contribution in [0.4, 0.5) is 32.0 Å². The van der Waals surface area contributed by atoms with E-state index in [0.29, 0.717) is 30.0 Å². The first-order valence-corrected chi connectivity index (χ1v) is 11.1. The Balaban J connectivity index is 2.25. The monoisotopic (exact) mass is 487 g/mol. The van der Waals surface area contributed by atoms with Crippen LogP contribution in [0, 0.1) is 0 Å². The Morgan fingerprint density at radius 2 is 1.58 bits per heavy atom. The number of aromatic nitrogens is 1. The molecule has 10 heteroatoms. The van der Waals surface area contributed by atoms with E-state index in [-0.39, 0.29) is 23.2 Å². The van der Waals surface area contributed by atoms with E-state index >= 15 is 0 Å². The first-order valence-electron chi connectivity index (χ1n) is 10.2. The lowest BCUT2D eigenvalue weighted by Gasteiger charge is -2.15. The highest BCUT2D eigenvalue weighted by atomic mass is 32.1. The fourth-order valence-electron chi connectivity index (χ4n) is 3.40. The molecule has 1 heterocycles. The molecule has 178 valence electrons. The first-order chi connectivity index (χ1) is 15.4. The van der Waals surface area contributed by atoms with Crippen molar-refractivity contribution in [2.24, 2.45) is 10.7 Å². The summed E-state index contributed by atoms with van der Waals surface area (Å²) >= 11 is 1.16. The SMILES string of the molecule is CC(C)c1ccccc1/N=c1\scc(-c2cc(C(F)(F)F)cc(C(F)(F)F)c2)n1CCCN. The van der Waals surface area contributed by atoms with Crippen molar-refractivity contribution < 1.29 is 26.3 Å². The Bertz CT molecular complexity index is 1140. The highest BCUT2D eigenvalue weighted by molar-refractivity contribution is 7.07. The summed E-state index contributed by atoms with van der Waals surface area (Å²) in [5, 5.41) is 1.53. The molecule has 1 aromatic heterocycles. The minimum absolute atomic E-state index is 0.129. The van der Waals surface area contributed by atoms with E-state index in [2.05, 4.69) is 0 Å². The molecule has 0 aliphatic heterocycles. The lowest BCUT2D eigenvalue weighted by Crippen LogP contribution is -2.18. The Labute approximate surface area is 191 Å². The summed E-state index contributed by atoms with van der Waals surface area (Å²) in [4.78, 5) is 5.17. The maximum Gasteiger partial charge on any atom is 0.416 e. The van der Waals surface area contributed by atoms with Gasteiger partial charge in [-0.05, 0) is 48.7 Å². The molecule has 0 amide bonds. The number of benzene rings is 2. The Morgan fingerprint density at radius 1 is 0.970 bits per heavy atom. The molecule has 0 atom stereocenters. The third kappa shape index (κ3) is 5.86. The molecule has 0 aliphatic rings. The van der Waals surface area contributed by atoms with Crippen LogP contribution in [0.25, 0.3) is 11.3 Å². The molecule has 0 fully saturated rings. The largest absolute Gasteiger partial charge is 0.416 e. The van der Waals surface area contributed by atoms with Crippen molar-refractivity contribution in [1.29, 1.82) is 0 Å². The van der Waals surface area contributed by atoms with Gasteiger partial charge >= 0.3 is 12.4 Å². The van der Waals surface area contributed by atoms with Gasteiger partial charge in [-0.25, -0.2) is 4.99 Å². The third-order valence-electron chi connectivity index (χ3n) is 5.04. The highest BCUT2D eigenvalue weighted by Gasteiger charge is 2.37. The van der Waals surface area contributed by atoms with Gasteiger partial charge in [-0.15, -0.1) is 11.3 Å². The molecule has 0 saturated heterocycles. The number of alkyl halides is 6. The van der Waals surface area contributed by atoms with Crippen LogP contribution in [0.3, 0.4) is 0 Å². The number of nitrogens with zero attached hydrogens (tertiary/aromatic N) is 2. The van der Waals surface area contributed by atoms with Gasteiger partial charge in [0.2, 0.25) is 0 Å². The summed E-state index contributed by atoms with van der Waals surface area (Å²) in [6, 6.07) is 9.08. The number of thiazole rings is 1. The van der Waals surface area contributed by atoms with E-state index < -0.39 is 23.5 Å². The standard InChI is InChI=1S/C23H23F6N3S/c1-14(2)18-6-3-4-7-19(18)31-21-32(9-5-8-30)20(13-33-21)15-10-16(22(24,25)26)12-17(11-15)23(27,28)29/h3-4,6-7,10-14H,5,8-9,30H2,1-2H3/b31-21-. The molecule has 0 aliphatic carbocycles. The summed E-state index contributed by atoms with van der Waals surface area (Å²) in [6.07, 6.45) is -9.36. The molecule has 3 aromatic rings. The molecule has 2 aromatic carbocycles. The van der Waals surface area contributed by atoms with Gasteiger partial charge in [-0.1, -0.05) is 32.0 Å².